The third-order valence-electron chi connectivity index (χ3n) is 3.35. The second-order valence-corrected chi connectivity index (χ2v) is 4.71. The van der Waals surface area contributed by atoms with Crippen LogP contribution in [0.5, 0.6) is 0 Å². The van der Waals surface area contributed by atoms with Crippen LogP contribution >= 0.6 is 0 Å². The lowest BCUT2D eigenvalue weighted by molar-refractivity contribution is -0.153. The summed E-state index contributed by atoms with van der Waals surface area (Å²) in [7, 11) is 1.34. The number of allylic oxidation sites excluding steroid dienone is 1. The fourth-order valence-corrected chi connectivity index (χ4v) is 2.20. The topological polar surface area (TPSA) is 52.6 Å². The van der Waals surface area contributed by atoms with Crippen molar-refractivity contribution in [3.8, 4) is 0 Å². The molecule has 0 aliphatic carbocycles. The lowest BCUT2D eigenvalue weighted by Crippen LogP contribution is -2.29. The number of ether oxygens (including phenoxy) is 2. The van der Waals surface area contributed by atoms with Crippen molar-refractivity contribution in [1.82, 2.24) is 0 Å². The minimum Gasteiger partial charge on any atom is -0.469 e. The van der Waals surface area contributed by atoms with E-state index >= 15 is 0 Å². The summed E-state index contributed by atoms with van der Waals surface area (Å²) < 4.78 is 10.0. The van der Waals surface area contributed by atoms with Gasteiger partial charge >= 0.3 is 11.9 Å². The molecular weight excluding hydrogens is 268 g/mol. The van der Waals surface area contributed by atoms with E-state index in [9.17, 15) is 9.59 Å². The third kappa shape index (κ3) is 5.06. The Hall–Kier alpha value is -2.10. The van der Waals surface area contributed by atoms with E-state index in [0.717, 1.165) is 5.56 Å². The SMILES string of the molecule is C=CCC(c1ccccc1)[C@H](COC(=O)CC)C(=O)OC. The van der Waals surface area contributed by atoms with Gasteiger partial charge in [-0.3, -0.25) is 9.59 Å². The summed E-state index contributed by atoms with van der Waals surface area (Å²) in [4.78, 5) is 23.4. The summed E-state index contributed by atoms with van der Waals surface area (Å²) >= 11 is 0. The lowest BCUT2D eigenvalue weighted by Gasteiger charge is -2.24. The van der Waals surface area contributed by atoms with E-state index in [2.05, 4.69) is 6.58 Å². The predicted octanol–water partition coefficient (Wildman–Crippen LogP) is 3.09. The Morgan fingerprint density at radius 3 is 2.48 bits per heavy atom. The van der Waals surface area contributed by atoms with Gasteiger partial charge in [-0.2, -0.15) is 0 Å². The Bertz CT molecular complexity index is 467. The first-order valence-electron chi connectivity index (χ1n) is 7.03. The molecule has 0 N–H and O–H groups in total. The summed E-state index contributed by atoms with van der Waals surface area (Å²) in [6.45, 7) is 5.48. The van der Waals surface area contributed by atoms with Gasteiger partial charge in [0, 0.05) is 12.3 Å². The van der Waals surface area contributed by atoms with Crippen molar-refractivity contribution in [1.29, 1.82) is 0 Å². The minimum absolute atomic E-state index is 0.0206. The second-order valence-electron chi connectivity index (χ2n) is 4.71. The van der Waals surface area contributed by atoms with Crippen LogP contribution < -0.4 is 0 Å². The highest BCUT2D eigenvalue weighted by molar-refractivity contribution is 5.75. The lowest BCUT2D eigenvalue weighted by atomic mass is 9.84. The molecule has 0 bridgehead atoms. The fourth-order valence-electron chi connectivity index (χ4n) is 2.20. The smallest absolute Gasteiger partial charge is 0.312 e. The molecule has 0 aromatic heterocycles. The van der Waals surface area contributed by atoms with Gasteiger partial charge in [-0.05, 0) is 12.0 Å². The second kappa shape index (κ2) is 8.95. The molecule has 1 unspecified atom stereocenters. The Kier molecular flexibility index (Phi) is 7.23. The Morgan fingerprint density at radius 2 is 1.95 bits per heavy atom. The van der Waals surface area contributed by atoms with Crippen molar-refractivity contribution in [2.75, 3.05) is 13.7 Å². The Balaban J connectivity index is 2.97. The summed E-state index contributed by atoms with van der Waals surface area (Å²) in [5.41, 5.74) is 1.00. The zero-order valence-corrected chi connectivity index (χ0v) is 12.6. The molecule has 0 fully saturated rings. The van der Waals surface area contributed by atoms with Crippen LogP contribution in [0.25, 0.3) is 0 Å². The molecule has 1 aromatic carbocycles. The molecule has 0 saturated heterocycles. The van der Waals surface area contributed by atoms with Crippen molar-refractivity contribution >= 4 is 11.9 Å². The molecule has 4 nitrogen and oxygen atoms in total. The molecule has 0 spiro atoms. The Morgan fingerprint density at radius 1 is 1.29 bits per heavy atom. The normalized spacial score (nSPS) is 13.0. The highest BCUT2D eigenvalue weighted by atomic mass is 16.5. The fraction of sp³-hybridized carbons (Fsp3) is 0.412. The Labute approximate surface area is 125 Å². The van der Waals surface area contributed by atoms with Gasteiger partial charge in [0.15, 0.2) is 0 Å². The monoisotopic (exact) mass is 290 g/mol. The van der Waals surface area contributed by atoms with Gasteiger partial charge < -0.3 is 9.47 Å². The molecule has 21 heavy (non-hydrogen) atoms. The third-order valence-corrected chi connectivity index (χ3v) is 3.35. The number of esters is 2. The quantitative estimate of drug-likeness (QED) is 0.545. The van der Waals surface area contributed by atoms with Crippen molar-refractivity contribution in [3.63, 3.8) is 0 Å². The molecule has 1 rings (SSSR count). The molecule has 114 valence electrons. The van der Waals surface area contributed by atoms with Gasteiger partial charge in [0.1, 0.15) is 6.61 Å². The van der Waals surface area contributed by atoms with Gasteiger partial charge in [0.25, 0.3) is 0 Å². The first kappa shape index (κ1) is 17.0. The molecule has 0 amide bonds. The van der Waals surface area contributed by atoms with E-state index in [1.807, 2.05) is 30.3 Å². The van der Waals surface area contributed by atoms with E-state index in [4.69, 9.17) is 9.47 Å². The highest BCUT2D eigenvalue weighted by Crippen LogP contribution is 2.30. The zero-order valence-electron chi connectivity index (χ0n) is 12.6. The van der Waals surface area contributed by atoms with Crippen molar-refractivity contribution in [2.24, 2.45) is 5.92 Å². The minimum atomic E-state index is -0.536. The van der Waals surface area contributed by atoms with Gasteiger partial charge in [0.05, 0.1) is 13.0 Å². The van der Waals surface area contributed by atoms with Crippen molar-refractivity contribution < 1.29 is 19.1 Å². The summed E-state index contributed by atoms with van der Waals surface area (Å²) in [5.74, 6) is -1.37. The summed E-state index contributed by atoms with van der Waals surface area (Å²) in [6.07, 6.45) is 2.65. The van der Waals surface area contributed by atoms with E-state index in [1.54, 1.807) is 13.0 Å². The number of carbonyl (C=O) groups excluding carboxylic acids is 2. The molecule has 0 aliphatic heterocycles. The number of benzene rings is 1. The highest BCUT2D eigenvalue weighted by Gasteiger charge is 2.30. The summed E-state index contributed by atoms with van der Waals surface area (Å²) in [5, 5.41) is 0. The molecule has 0 aliphatic rings. The van der Waals surface area contributed by atoms with Crippen molar-refractivity contribution in [3.05, 3.63) is 48.6 Å². The first-order chi connectivity index (χ1) is 10.1. The molecule has 0 saturated carbocycles. The number of methoxy groups -OCH3 is 1. The van der Waals surface area contributed by atoms with Gasteiger partial charge in [-0.15, -0.1) is 6.58 Å². The van der Waals surface area contributed by atoms with Crippen LogP contribution in [0.2, 0.25) is 0 Å². The standard InChI is InChI=1S/C17H22O4/c1-4-9-14(13-10-7-6-8-11-13)15(17(19)20-3)12-21-16(18)5-2/h4,6-8,10-11,14-15H,1,5,9,12H2,2-3H3/t14?,15-/m0/s1. The van der Waals surface area contributed by atoms with Crippen LogP contribution in [0.4, 0.5) is 0 Å². The van der Waals surface area contributed by atoms with Crippen LogP contribution in [-0.2, 0) is 19.1 Å². The number of hydrogen-bond acceptors (Lipinski definition) is 4. The van der Waals surface area contributed by atoms with Crippen molar-refractivity contribution in [2.45, 2.75) is 25.7 Å². The van der Waals surface area contributed by atoms with Gasteiger partial charge in [-0.25, -0.2) is 0 Å². The van der Waals surface area contributed by atoms with E-state index in [1.165, 1.54) is 7.11 Å². The molecule has 0 heterocycles. The van der Waals surface area contributed by atoms with E-state index in [0.29, 0.717) is 6.42 Å². The van der Waals surface area contributed by atoms with Gasteiger partial charge in [0.2, 0.25) is 0 Å². The number of rotatable bonds is 8. The first-order valence-corrected chi connectivity index (χ1v) is 7.03. The van der Waals surface area contributed by atoms with Crippen LogP contribution in [0.15, 0.2) is 43.0 Å². The average Bonchev–Trinajstić information content (AvgIpc) is 2.54. The van der Waals surface area contributed by atoms with Crippen LogP contribution in [0, 0.1) is 5.92 Å². The maximum absolute atomic E-state index is 12.1. The van der Waals surface area contributed by atoms with Crippen LogP contribution in [0.1, 0.15) is 31.2 Å². The van der Waals surface area contributed by atoms with Crippen LogP contribution in [-0.4, -0.2) is 25.7 Å². The molecule has 1 aromatic rings. The average molecular weight is 290 g/mol. The van der Waals surface area contributed by atoms with E-state index < -0.39 is 5.92 Å². The number of hydrogen-bond donors (Lipinski definition) is 0. The predicted molar refractivity (Wildman–Crippen MR) is 80.8 cm³/mol. The largest absolute Gasteiger partial charge is 0.469 e. The maximum Gasteiger partial charge on any atom is 0.312 e. The van der Waals surface area contributed by atoms with Gasteiger partial charge in [-0.1, -0.05) is 43.3 Å². The number of carbonyl (C=O) groups is 2. The molecule has 2 atom stereocenters. The van der Waals surface area contributed by atoms with Crippen LogP contribution in [0.3, 0.4) is 0 Å². The molecule has 4 heteroatoms. The molecule has 0 radical (unpaired) electrons. The molecular formula is C17H22O4. The van der Waals surface area contributed by atoms with E-state index in [-0.39, 0.29) is 30.9 Å². The maximum atomic E-state index is 12.1. The summed E-state index contributed by atoms with van der Waals surface area (Å²) in [6, 6.07) is 9.64. The zero-order chi connectivity index (χ0) is 15.7.